The second-order valence-corrected chi connectivity index (χ2v) is 8.45. The molecule has 0 spiro atoms. The normalized spacial score (nSPS) is 15.9. The van der Waals surface area contributed by atoms with Crippen molar-refractivity contribution in [3.8, 4) is 11.1 Å². The van der Waals surface area contributed by atoms with E-state index in [1.807, 2.05) is 48.5 Å². The Kier molecular flexibility index (Phi) is 5.76. The first-order valence-corrected chi connectivity index (χ1v) is 11.3. The molecule has 1 heterocycles. The number of ether oxygens (including phenoxy) is 1. The highest BCUT2D eigenvalue weighted by Gasteiger charge is 2.37. The van der Waals surface area contributed by atoms with Crippen molar-refractivity contribution in [2.24, 2.45) is 0 Å². The smallest absolute Gasteiger partial charge is 0.407 e. The summed E-state index contributed by atoms with van der Waals surface area (Å²) >= 11 is 0. The fraction of sp³-hybridized carbons (Fsp3) is 0.222. The Morgan fingerprint density at radius 2 is 1.53 bits per heavy atom. The van der Waals surface area contributed by atoms with E-state index in [1.54, 1.807) is 12.1 Å². The fourth-order valence-electron chi connectivity index (χ4n) is 4.93. The van der Waals surface area contributed by atoms with Gasteiger partial charge in [0.25, 0.3) is 0 Å². The number of amides is 2. The van der Waals surface area contributed by atoms with Crippen LogP contribution in [0.3, 0.4) is 0 Å². The van der Waals surface area contributed by atoms with Crippen molar-refractivity contribution < 1.29 is 24.2 Å². The van der Waals surface area contributed by atoms with E-state index in [0.29, 0.717) is 5.69 Å². The number of carboxylic acid groups (broad SMARTS) is 1. The van der Waals surface area contributed by atoms with Crippen molar-refractivity contribution in [3.05, 3.63) is 89.5 Å². The second kappa shape index (κ2) is 9.02. The zero-order valence-corrected chi connectivity index (χ0v) is 18.4. The minimum atomic E-state index is -1.05. The van der Waals surface area contributed by atoms with Crippen LogP contribution in [0.2, 0.25) is 0 Å². The van der Waals surface area contributed by atoms with Crippen LogP contribution in [0.25, 0.3) is 11.1 Å². The van der Waals surface area contributed by atoms with E-state index in [4.69, 9.17) is 4.74 Å². The molecule has 5 rings (SSSR count). The molecule has 0 bridgehead atoms. The highest BCUT2D eigenvalue weighted by molar-refractivity contribution is 6.02. The molecular formula is C27H24N2O5. The van der Waals surface area contributed by atoms with Gasteiger partial charge in [-0.05, 0) is 33.9 Å². The van der Waals surface area contributed by atoms with Gasteiger partial charge in [0.1, 0.15) is 12.6 Å². The van der Waals surface area contributed by atoms with Crippen molar-refractivity contribution in [1.29, 1.82) is 0 Å². The predicted octanol–water partition coefficient (Wildman–Crippen LogP) is 3.96. The van der Waals surface area contributed by atoms with Crippen LogP contribution in [0.1, 0.15) is 29.0 Å². The van der Waals surface area contributed by atoms with Crippen LogP contribution in [0.15, 0.2) is 72.8 Å². The van der Waals surface area contributed by atoms with Gasteiger partial charge in [0.05, 0.1) is 0 Å². The number of aliphatic carboxylic acids is 1. The molecule has 7 nitrogen and oxygen atoms in total. The van der Waals surface area contributed by atoms with Crippen LogP contribution in [0, 0.1) is 0 Å². The molecule has 0 fully saturated rings. The number of alkyl carbamates (subject to hydrolysis) is 1. The van der Waals surface area contributed by atoms with Crippen molar-refractivity contribution in [3.63, 3.8) is 0 Å². The second-order valence-electron chi connectivity index (χ2n) is 8.45. The first kappa shape index (κ1) is 21.7. The lowest BCUT2D eigenvalue weighted by Crippen LogP contribution is -2.44. The Morgan fingerprint density at radius 1 is 0.912 bits per heavy atom. The zero-order valence-electron chi connectivity index (χ0n) is 18.4. The SMILES string of the molecule is O=C(NCCC(=O)N1c2ccccc2C[C@@H]1C(=O)O)OCC1c2ccccc2-c2ccccc21. The van der Waals surface area contributed by atoms with Gasteiger partial charge in [0.15, 0.2) is 0 Å². The maximum atomic E-state index is 12.8. The number of rotatable bonds is 6. The van der Waals surface area contributed by atoms with Gasteiger partial charge in [-0.2, -0.15) is 0 Å². The molecule has 0 unspecified atom stereocenters. The molecule has 1 atom stereocenters. The van der Waals surface area contributed by atoms with E-state index in [-0.39, 0.29) is 37.8 Å². The molecule has 34 heavy (non-hydrogen) atoms. The van der Waals surface area contributed by atoms with Gasteiger partial charge < -0.3 is 15.2 Å². The minimum absolute atomic E-state index is 0.0255. The average Bonchev–Trinajstić information content (AvgIpc) is 3.39. The molecule has 0 aromatic heterocycles. The highest BCUT2D eigenvalue weighted by atomic mass is 16.5. The summed E-state index contributed by atoms with van der Waals surface area (Å²) in [6.07, 6.45) is -0.356. The number of hydrogen-bond acceptors (Lipinski definition) is 4. The molecule has 0 radical (unpaired) electrons. The van der Waals surface area contributed by atoms with Gasteiger partial charge in [0, 0.05) is 31.0 Å². The lowest BCUT2D eigenvalue weighted by atomic mass is 9.98. The number of anilines is 1. The van der Waals surface area contributed by atoms with Crippen molar-refractivity contribution >= 4 is 23.7 Å². The number of carbonyl (C=O) groups excluding carboxylic acids is 2. The van der Waals surface area contributed by atoms with Gasteiger partial charge in [-0.1, -0.05) is 66.7 Å². The largest absolute Gasteiger partial charge is 0.480 e. The first-order valence-electron chi connectivity index (χ1n) is 11.3. The van der Waals surface area contributed by atoms with Crippen molar-refractivity contribution in [1.82, 2.24) is 5.32 Å². The Bertz CT molecular complexity index is 1230. The molecule has 3 aromatic carbocycles. The lowest BCUT2D eigenvalue weighted by Gasteiger charge is -2.22. The predicted molar refractivity (Wildman–Crippen MR) is 127 cm³/mol. The van der Waals surface area contributed by atoms with Crippen molar-refractivity contribution in [2.45, 2.75) is 24.8 Å². The topological polar surface area (TPSA) is 95.9 Å². The molecule has 1 aliphatic carbocycles. The van der Waals surface area contributed by atoms with Crippen LogP contribution < -0.4 is 10.2 Å². The molecular weight excluding hydrogens is 432 g/mol. The van der Waals surface area contributed by atoms with Crippen LogP contribution in [0.4, 0.5) is 10.5 Å². The summed E-state index contributed by atoms with van der Waals surface area (Å²) in [5.74, 6) is -1.44. The van der Waals surface area contributed by atoms with Gasteiger partial charge >= 0.3 is 12.1 Å². The number of carboxylic acids is 1. The maximum absolute atomic E-state index is 12.8. The summed E-state index contributed by atoms with van der Waals surface area (Å²) in [5.41, 5.74) is 5.99. The van der Waals surface area contributed by atoms with Gasteiger partial charge in [0.2, 0.25) is 5.91 Å². The van der Waals surface area contributed by atoms with Crippen molar-refractivity contribution in [2.75, 3.05) is 18.1 Å². The zero-order chi connectivity index (χ0) is 23.7. The van der Waals surface area contributed by atoms with E-state index in [0.717, 1.165) is 27.8 Å². The number of benzene rings is 3. The molecule has 0 saturated heterocycles. The van der Waals surface area contributed by atoms with Gasteiger partial charge in [-0.3, -0.25) is 9.69 Å². The summed E-state index contributed by atoms with van der Waals surface area (Å²) in [7, 11) is 0. The Balaban J connectivity index is 1.17. The standard InChI is InChI=1S/C27H24N2O5/c30-25(29-23-12-6-1-7-17(23)15-24(29)26(31)32)13-14-28-27(33)34-16-22-20-10-4-2-8-18(20)19-9-3-5-11-21(19)22/h1-12,22,24H,13-16H2,(H,28,33)(H,31,32)/t24-/m1/s1. The molecule has 0 saturated carbocycles. The van der Waals surface area contributed by atoms with Crippen LogP contribution in [-0.2, 0) is 20.7 Å². The van der Waals surface area contributed by atoms with Crippen LogP contribution in [-0.4, -0.2) is 42.3 Å². The monoisotopic (exact) mass is 456 g/mol. The molecule has 2 N–H and O–H groups in total. The molecule has 1 aliphatic heterocycles. The summed E-state index contributed by atoms with van der Waals surface area (Å²) in [4.78, 5) is 38.1. The maximum Gasteiger partial charge on any atom is 0.407 e. The van der Waals surface area contributed by atoms with E-state index in [9.17, 15) is 19.5 Å². The highest BCUT2D eigenvalue weighted by Crippen LogP contribution is 2.44. The number of para-hydroxylation sites is 1. The van der Waals surface area contributed by atoms with Crippen LogP contribution >= 0.6 is 0 Å². The van der Waals surface area contributed by atoms with E-state index < -0.39 is 18.1 Å². The van der Waals surface area contributed by atoms with E-state index in [1.165, 1.54) is 4.90 Å². The Hall–Kier alpha value is -4.13. The minimum Gasteiger partial charge on any atom is -0.480 e. The number of carbonyl (C=O) groups is 3. The lowest BCUT2D eigenvalue weighted by molar-refractivity contribution is -0.139. The summed E-state index contributed by atoms with van der Waals surface area (Å²) in [6.45, 7) is 0.245. The average molecular weight is 456 g/mol. The number of nitrogens with zero attached hydrogens (tertiary/aromatic N) is 1. The molecule has 2 amide bonds. The van der Waals surface area contributed by atoms with Gasteiger partial charge in [-0.15, -0.1) is 0 Å². The van der Waals surface area contributed by atoms with Gasteiger partial charge in [-0.25, -0.2) is 9.59 Å². The molecule has 2 aliphatic rings. The number of hydrogen-bond donors (Lipinski definition) is 2. The third-order valence-corrected chi connectivity index (χ3v) is 6.48. The first-order chi connectivity index (χ1) is 16.5. The van der Waals surface area contributed by atoms with E-state index in [2.05, 4.69) is 17.4 Å². The Morgan fingerprint density at radius 3 is 2.21 bits per heavy atom. The number of nitrogens with one attached hydrogen (secondary N) is 1. The summed E-state index contributed by atoms with van der Waals surface area (Å²) in [6, 6.07) is 22.4. The Labute approximate surface area is 197 Å². The third kappa shape index (κ3) is 3.90. The molecule has 7 heteroatoms. The quantitative estimate of drug-likeness (QED) is 0.585. The number of fused-ring (bicyclic) bond motifs is 4. The van der Waals surface area contributed by atoms with Crippen LogP contribution in [0.5, 0.6) is 0 Å². The summed E-state index contributed by atoms with van der Waals surface area (Å²) in [5, 5.41) is 12.2. The fourth-order valence-corrected chi connectivity index (χ4v) is 4.93. The van der Waals surface area contributed by atoms with E-state index >= 15 is 0 Å². The third-order valence-electron chi connectivity index (χ3n) is 6.48. The summed E-state index contributed by atoms with van der Waals surface area (Å²) < 4.78 is 5.49. The molecule has 172 valence electrons. The molecule has 3 aromatic rings.